The molecule has 2 heteroatoms. The summed E-state index contributed by atoms with van der Waals surface area (Å²) in [7, 11) is 0. The Kier molecular flexibility index (Phi) is 2.90. The van der Waals surface area contributed by atoms with Crippen molar-refractivity contribution in [3.05, 3.63) is 29.1 Å². The Morgan fingerprint density at radius 1 is 1.43 bits per heavy atom. The van der Waals surface area contributed by atoms with E-state index < -0.39 is 0 Å². The van der Waals surface area contributed by atoms with Crippen LogP contribution in [0.5, 0.6) is 0 Å². The first-order chi connectivity index (χ1) is 6.50. The summed E-state index contributed by atoms with van der Waals surface area (Å²) in [5.74, 6) is 0. The molecule has 14 heavy (non-hydrogen) atoms. The van der Waals surface area contributed by atoms with Crippen molar-refractivity contribution in [1.29, 1.82) is 5.26 Å². The maximum absolute atomic E-state index is 9.10. The van der Waals surface area contributed by atoms with Gasteiger partial charge in [0, 0.05) is 11.6 Å². The number of pyridine rings is 1. The summed E-state index contributed by atoms with van der Waals surface area (Å²) in [4.78, 5) is 4.31. The Morgan fingerprint density at radius 3 is 2.50 bits per heavy atom. The van der Waals surface area contributed by atoms with Crippen LogP contribution in [0.4, 0.5) is 0 Å². The highest BCUT2D eigenvalue weighted by atomic mass is 14.7. The van der Waals surface area contributed by atoms with Gasteiger partial charge in [-0.05, 0) is 18.1 Å². The minimum Gasteiger partial charge on any atom is -0.259 e. The Morgan fingerprint density at radius 2 is 2.07 bits per heavy atom. The summed E-state index contributed by atoms with van der Waals surface area (Å²) in [6.07, 6.45) is 2.68. The second kappa shape index (κ2) is 3.79. The fourth-order valence-electron chi connectivity index (χ4n) is 1.49. The molecule has 0 atom stereocenters. The van der Waals surface area contributed by atoms with Gasteiger partial charge in [-0.1, -0.05) is 27.7 Å². The van der Waals surface area contributed by atoms with E-state index in [0.29, 0.717) is 0 Å². The van der Waals surface area contributed by atoms with Crippen LogP contribution in [0.15, 0.2) is 12.3 Å². The van der Waals surface area contributed by atoms with Gasteiger partial charge in [0.1, 0.15) is 6.07 Å². The van der Waals surface area contributed by atoms with E-state index in [-0.39, 0.29) is 5.41 Å². The van der Waals surface area contributed by atoms with Gasteiger partial charge in [-0.2, -0.15) is 5.26 Å². The van der Waals surface area contributed by atoms with Gasteiger partial charge in [-0.15, -0.1) is 0 Å². The Labute approximate surface area is 85.6 Å². The molecular weight excluding hydrogens is 172 g/mol. The zero-order valence-corrected chi connectivity index (χ0v) is 9.26. The van der Waals surface area contributed by atoms with Crippen LogP contribution in [0, 0.1) is 11.3 Å². The fourth-order valence-corrected chi connectivity index (χ4v) is 1.49. The van der Waals surface area contributed by atoms with Gasteiger partial charge in [0.25, 0.3) is 0 Å². The third kappa shape index (κ3) is 1.93. The lowest BCUT2D eigenvalue weighted by Crippen LogP contribution is -2.16. The van der Waals surface area contributed by atoms with Crippen molar-refractivity contribution < 1.29 is 0 Å². The summed E-state index contributed by atoms with van der Waals surface area (Å²) < 4.78 is 0. The average molecular weight is 188 g/mol. The molecule has 0 radical (unpaired) electrons. The van der Waals surface area contributed by atoms with Crippen LogP contribution in [0.1, 0.15) is 44.5 Å². The molecule has 0 N–H and O–H groups in total. The number of nitriles is 1. The highest BCUT2D eigenvalue weighted by Gasteiger charge is 2.20. The van der Waals surface area contributed by atoms with Crippen LogP contribution in [-0.4, -0.2) is 4.98 Å². The average Bonchev–Trinajstić information content (AvgIpc) is 2.15. The monoisotopic (exact) mass is 188 g/mol. The van der Waals surface area contributed by atoms with Crippen LogP contribution in [0.25, 0.3) is 0 Å². The predicted molar refractivity (Wildman–Crippen MR) is 57.0 cm³/mol. The molecule has 0 fully saturated rings. The maximum Gasteiger partial charge on any atom is 0.101 e. The number of nitrogens with zero attached hydrogens (tertiary/aromatic N) is 2. The zero-order chi connectivity index (χ0) is 10.8. The molecule has 0 saturated carbocycles. The van der Waals surface area contributed by atoms with Gasteiger partial charge in [0.15, 0.2) is 0 Å². The molecule has 0 spiro atoms. The summed E-state index contributed by atoms with van der Waals surface area (Å²) in [6.45, 7) is 8.30. The molecule has 0 aliphatic heterocycles. The second-order valence-electron chi connectivity index (χ2n) is 4.41. The molecule has 0 unspecified atom stereocenters. The number of hydrogen-bond donors (Lipinski definition) is 0. The normalized spacial score (nSPS) is 11.1. The smallest absolute Gasteiger partial charge is 0.101 e. The minimum atomic E-state index is -0.0593. The molecule has 1 aromatic rings. The van der Waals surface area contributed by atoms with E-state index in [9.17, 15) is 0 Å². The van der Waals surface area contributed by atoms with Crippen molar-refractivity contribution in [1.82, 2.24) is 4.98 Å². The van der Waals surface area contributed by atoms with Gasteiger partial charge in [0.2, 0.25) is 0 Å². The molecule has 0 aliphatic carbocycles. The minimum absolute atomic E-state index is 0.0593. The summed E-state index contributed by atoms with van der Waals surface area (Å²) in [5, 5.41) is 9.10. The lowest BCUT2D eigenvalue weighted by atomic mass is 9.87. The van der Waals surface area contributed by atoms with Crippen molar-refractivity contribution in [2.24, 2.45) is 0 Å². The summed E-state index contributed by atoms with van der Waals surface area (Å²) in [6, 6.07) is 4.18. The number of aryl methyl sites for hydroxylation is 1. The van der Waals surface area contributed by atoms with Gasteiger partial charge >= 0.3 is 0 Å². The largest absolute Gasteiger partial charge is 0.259 e. The van der Waals surface area contributed by atoms with Crippen molar-refractivity contribution in [2.75, 3.05) is 0 Å². The highest BCUT2D eigenvalue weighted by molar-refractivity contribution is 5.43. The third-order valence-electron chi connectivity index (χ3n) is 2.24. The van der Waals surface area contributed by atoms with Gasteiger partial charge in [-0.3, -0.25) is 4.98 Å². The lowest BCUT2D eigenvalue weighted by molar-refractivity contribution is 0.566. The first-order valence-electron chi connectivity index (χ1n) is 4.89. The fraction of sp³-hybridized carbons (Fsp3) is 0.500. The summed E-state index contributed by atoms with van der Waals surface area (Å²) in [5.41, 5.74) is 2.69. The first kappa shape index (κ1) is 10.7. The second-order valence-corrected chi connectivity index (χ2v) is 4.41. The van der Waals surface area contributed by atoms with Crippen LogP contribution < -0.4 is 0 Å². The van der Waals surface area contributed by atoms with E-state index in [2.05, 4.69) is 38.7 Å². The van der Waals surface area contributed by atoms with E-state index in [4.69, 9.17) is 5.26 Å². The van der Waals surface area contributed by atoms with Crippen LogP contribution in [0.3, 0.4) is 0 Å². The molecule has 0 amide bonds. The van der Waals surface area contributed by atoms with E-state index in [1.165, 1.54) is 0 Å². The van der Waals surface area contributed by atoms with E-state index >= 15 is 0 Å². The topological polar surface area (TPSA) is 36.7 Å². The van der Waals surface area contributed by atoms with Gasteiger partial charge in [-0.25, -0.2) is 0 Å². The third-order valence-corrected chi connectivity index (χ3v) is 2.24. The Bertz CT molecular complexity index is 367. The van der Waals surface area contributed by atoms with E-state index in [1.807, 2.05) is 6.07 Å². The number of aromatic nitrogens is 1. The molecular formula is C12H16N2. The standard InChI is InChI=1S/C12H16N2/c1-5-9-6-7-14-11(10(9)8-13)12(2,3)4/h6-7H,5H2,1-4H3. The zero-order valence-electron chi connectivity index (χ0n) is 9.26. The molecule has 0 saturated heterocycles. The predicted octanol–water partition coefficient (Wildman–Crippen LogP) is 2.81. The molecule has 1 heterocycles. The van der Waals surface area contributed by atoms with Gasteiger partial charge in [0.05, 0.1) is 11.3 Å². The van der Waals surface area contributed by atoms with Gasteiger partial charge < -0.3 is 0 Å². The first-order valence-corrected chi connectivity index (χ1v) is 4.89. The molecule has 0 aliphatic rings. The van der Waals surface area contributed by atoms with Crippen LogP contribution >= 0.6 is 0 Å². The highest BCUT2D eigenvalue weighted by Crippen LogP contribution is 2.25. The van der Waals surface area contributed by atoms with Crippen molar-refractivity contribution in [3.63, 3.8) is 0 Å². The molecule has 1 rings (SSSR count). The summed E-state index contributed by atoms with van der Waals surface area (Å²) >= 11 is 0. The molecule has 0 aromatic carbocycles. The molecule has 1 aromatic heterocycles. The number of hydrogen-bond acceptors (Lipinski definition) is 2. The maximum atomic E-state index is 9.10. The Hall–Kier alpha value is -1.36. The van der Waals surface area contributed by atoms with Crippen molar-refractivity contribution in [2.45, 2.75) is 39.5 Å². The molecule has 2 nitrogen and oxygen atoms in total. The van der Waals surface area contributed by atoms with Crippen molar-refractivity contribution in [3.8, 4) is 6.07 Å². The van der Waals surface area contributed by atoms with E-state index in [1.54, 1.807) is 6.20 Å². The quantitative estimate of drug-likeness (QED) is 0.679. The van der Waals surface area contributed by atoms with Crippen LogP contribution in [0.2, 0.25) is 0 Å². The SMILES string of the molecule is CCc1ccnc(C(C)(C)C)c1C#N. The van der Waals surface area contributed by atoms with Crippen LogP contribution in [-0.2, 0) is 11.8 Å². The molecule has 74 valence electrons. The van der Waals surface area contributed by atoms with Crippen molar-refractivity contribution >= 4 is 0 Å². The van der Waals surface area contributed by atoms with E-state index in [0.717, 1.165) is 23.2 Å². The number of rotatable bonds is 1. The lowest BCUT2D eigenvalue weighted by Gasteiger charge is -2.20. The Balaban J connectivity index is 3.39. The molecule has 0 bridgehead atoms.